The molecule has 0 aliphatic heterocycles. The average Bonchev–Trinajstić information content (AvgIpc) is 2.75. The normalized spacial score (nSPS) is 10.7. The lowest BCUT2D eigenvalue weighted by Gasteiger charge is -2.10. The highest BCUT2D eigenvalue weighted by molar-refractivity contribution is 6.37. The van der Waals surface area contributed by atoms with E-state index in [-0.39, 0.29) is 41.1 Å². The molecule has 2 aromatic carbocycles. The van der Waals surface area contributed by atoms with Crippen molar-refractivity contribution in [3.05, 3.63) is 63.1 Å². The van der Waals surface area contributed by atoms with Crippen molar-refractivity contribution in [3.8, 4) is 17.6 Å². The van der Waals surface area contributed by atoms with Gasteiger partial charge in [0.15, 0.2) is 12.4 Å². The number of rotatable bonds is 9. The fourth-order valence-electron chi connectivity index (χ4n) is 2.47. The Kier molecular flexibility index (Phi) is 9.19. The second-order valence-corrected chi connectivity index (χ2v) is 6.92. The molecule has 31 heavy (non-hydrogen) atoms. The van der Waals surface area contributed by atoms with E-state index in [1.54, 1.807) is 26.2 Å². The number of halogens is 2. The number of hydrogen-bond acceptors (Lipinski definition) is 6. The van der Waals surface area contributed by atoms with Crippen LogP contribution in [0.5, 0.6) is 11.5 Å². The molecule has 0 saturated carbocycles. The highest BCUT2D eigenvalue weighted by atomic mass is 35.5. The molecule has 0 saturated heterocycles. The number of amides is 1. The zero-order valence-electron chi connectivity index (χ0n) is 16.9. The van der Waals surface area contributed by atoms with Crippen molar-refractivity contribution >= 4 is 41.2 Å². The Hall–Kier alpha value is -3.21. The molecule has 2 rings (SSSR count). The minimum absolute atomic E-state index is 0.107. The van der Waals surface area contributed by atoms with Crippen LogP contribution in [0, 0.1) is 11.3 Å². The molecule has 0 aliphatic rings. The summed E-state index contributed by atoms with van der Waals surface area (Å²) in [5, 5.41) is 12.3. The first-order chi connectivity index (χ1) is 14.9. The van der Waals surface area contributed by atoms with Crippen molar-refractivity contribution in [2.75, 3.05) is 20.3 Å². The van der Waals surface area contributed by atoms with E-state index in [9.17, 15) is 14.9 Å². The van der Waals surface area contributed by atoms with E-state index in [1.807, 2.05) is 18.2 Å². The lowest BCUT2D eigenvalue weighted by molar-refractivity contribution is -0.145. The maximum absolute atomic E-state index is 12.4. The van der Waals surface area contributed by atoms with E-state index < -0.39 is 11.9 Å². The molecule has 0 unspecified atom stereocenters. The first-order valence-corrected chi connectivity index (χ1v) is 9.93. The van der Waals surface area contributed by atoms with E-state index in [4.69, 9.17) is 37.4 Å². The van der Waals surface area contributed by atoms with Gasteiger partial charge in [-0.15, -0.1) is 0 Å². The minimum atomic E-state index is -0.557. The number of nitriles is 1. The Bertz CT molecular complexity index is 991. The van der Waals surface area contributed by atoms with Crippen LogP contribution in [-0.2, 0) is 20.9 Å². The summed E-state index contributed by atoms with van der Waals surface area (Å²) in [4.78, 5) is 23.8. The third-order valence-electron chi connectivity index (χ3n) is 3.95. The molecule has 0 spiro atoms. The summed E-state index contributed by atoms with van der Waals surface area (Å²) in [7, 11) is 1.57. The van der Waals surface area contributed by atoms with Gasteiger partial charge < -0.3 is 19.5 Å². The van der Waals surface area contributed by atoms with Crippen LogP contribution in [0.1, 0.15) is 18.1 Å². The van der Waals surface area contributed by atoms with Crippen molar-refractivity contribution in [3.63, 3.8) is 0 Å². The van der Waals surface area contributed by atoms with Crippen molar-refractivity contribution in [1.29, 1.82) is 5.26 Å². The minimum Gasteiger partial charge on any atom is -0.497 e. The molecule has 162 valence electrons. The Labute approximate surface area is 190 Å². The smallest absolute Gasteiger partial charge is 0.344 e. The Balaban J connectivity index is 2.09. The van der Waals surface area contributed by atoms with Gasteiger partial charge in [0.1, 0.15) is 17.4 Å². The third kappa shape index (κ3) is 7.21. The highest BCUT2D eigenvalue weighted by Crippen LogP contribution is 2.35. The Morgan fingerprint density at radius 1 is 1.16 bits per heavy atom. The lowest BCUT2D eigenvalue weighted by Crippen LogP contribution is -2.23. The molecule has 9 heteroatoms. The van der Waals surface area contributed by atoms with Crippen LogP contribution < -0.4 is 14.8 Å². The summed E-state index contributed by atoms with van der Waals surface area (Å²) in [5.41, 5.74) is 1.15. The van der Waals surface area contributed by atoms with Crippen molar-refractivity contribution in [2.45, 2.75) is 13.5 Å². The number of ether oxygens (including phenoxy) is 3. The molecule has 7 nitrogen and oxygen atoms in total. The van der Waals surface area contributed by atoms with Crippen LogP contribution in [-0.4, -0.2) is 32.2 Å². The largest absolute Gasteiger partial charge is 0.497 e. The molecule has 0 aliphatic carbocycles. The van der Waals surface area contributed by atoms with Gasteiger partial charge in [-0.25, -0.2) is 4.79 Å². The van der Waals surface area contributed by atoms with Gasteiger partial charge in [-0.2, -0.15) is 5.26 Å². The second kappa shape index (κ2) is 11.8. The molecule has 0 fully saturated rings. The van der Waals surface area contributed by atoms with Gasteiger partial charge in [0, 0.05) is 6.54 Å². The topological polar surface area (TPSA) is 97.7 Å². The van der Waals surface area contributed by atoms with E-state index in [0.717, 1.165) is 5.56 Å². The molecule has 2 aromatic rings. The standard InChI is InChI=1S/C22H20Cl2N2O5/c1-3-30-20(27)13-31-21-18(23)9-15(10-19(21)24)8-16(11-25)22(28)26-12-14-4-6-17(29-2)7-5-14/h4-10H,3,12-13H2,1-2H3,(H,26,28)/b16-8-. The molecule has 0 radical (unpaired) electrons. The molecule has 1 amide bonds. The van der Waals surface area contributed by atoms with E-state index in [0.29, 0.717) is 11.3 Å². The predicted octanol–water partition coefficient (Wildman–Crippen LogP) is 4.17. The molecular formula is C22H20Cl2N2O5. The lowest BCUT2D eigenvalue weighted by atomic mass is 10.1. The van der Waals surface area contributed by atoms with Crippen LogP contribution >= 0.6 is 23.2 Å². The number of nitrogens with one attached hydrogen (secondary N) is 1. The van der Waals surface area contributed by atoms with Crippen LogP contribution in [0.4, 0.5) is 0 Å². The SMILES string of the molecule is CCOC(=O)COc1c(Cl)cc(/C=C(/C#N)C(=O)NCc2ccc(OC)cc2)cc1Cl. The quantitative estimate of drug-likeness (QED) is 0.341. The third-order valence-corrected chi connectivity index (χ3v) is 4.51. The van der Waals surface area contributed by atoms with Crippen LogP contribution in [0.3, 0.4) is 0 Å². The monoisotopic (exact) mass is 462 g/mol. The van der Waals surface area contributed by atoms with Gasteiger partial charge in [0.2, 0.25) is 0 Å². The number of esters is 1. The molecule has 0 atom stereocenters. The van der Waals surface area contributed by atoms with Crippen molar-refractivity contribution in [1.82, 2.24) is 5.32 Å². The number of methoxy groups -OCH3 is 1. The van der Waals surface area contributed by atoms with Crippen molar-refractivity contribution in [2.24, 2.45) is 0 Å². The Morgan fingerprint density at radius 3 is 2.35 bits per heavy atom. The van der Waals surface area contributed by atoms with Crippen LogP contribution in [0.2, 0.25) is 10.0 Å². The second-order valence-electron chi connectivity index (χ2n) is 6.11. The first-order valence-electron chi connectivity index (χ1n) is 9.18. The predicted molar refractivity (Wildman–Crippen MR) is 117 cm³/mol. The summed E-state index contributed by atoms with van der Waals surface area (Å²) in [5.74, 6) is -0.292. The van der Waals surface area contributed by atoms with Gasteiger partial charge in [0.05, 0.1) is 23.8 Å². The number of carbonyl (C=O) groups is 2. The average molecular weight is 463 g/mol. The summed E-state index contributed by atoms with van der Waals surface area (Å²) in [6, 6.07) is 12.0. The molecule has 0 heterocycles. The number of carbonyl (C=O) groups excluding carboxylic acids is 2. The maximum atomic E-state index is 12.4. The van der Waals surface area contributed by atoms with E-state index in [2.05, 4.69) is 5.32 Å². The number of nitrogens with zero attached hydrogens (tertiary/aromatic N) is 1. The van der Waals surface area contributed by atoms with E-state index >= 15 is 0 Å². The first kappa shape index (κ1) is 24.1. The van der Waals surface area contributed by atoms with Gasteiger partial charge in [0.25, 0.3) is 5.91 Å². The summed E-state index contributed by atoms with van der Waals surface area (Å²) in [6.45, 7) is 1.80. The molecule has 0 bridgehead atoms. The zero-order valence-corrected chi connectivity index (χ0v) is 18.4. The summed E-state index contributed by atoms with van der Waals surface area (Å²) in [6.07, 6.45) is 1.36. The van der Waals surface area contributed by atoms with Crippen LogP contribution in [0.25, 0.3) is 6.08 Å². The number of hydrogen-bond donors (Lipinski definition) is 1. The zero-order chi connectivity index (χ0) is 22.8. The fraction of sp³-hybridized carbons (Fsp3) is 0.227. The maximum Gasteiger partial charge on any atom is 0.344 e. The van der Waals surface area contributed by atoms with Gasteiger partial charge in [-0.1, -0.05) is 35.3 Å². The summed E-state index contributed by atoms with van der Waals surface area (Å²) < 4.78 is 15.2. The van der Waals surface area contributed by atoms with Gasteiger partial charge in [-0.3, -0.25) is 4.79 Å². The number of benzene rings is 2. The fourth-order valence-corrected chi connectivity index (χ4v) is 3.08. The van der Waals surface area contributed by atoms with Crippen LogP contribution in [0.15, 0.2) is 42.0 Å². The van der Waals surface area contributed by atoms with E-state index in [1.165, 1.54) is 18.2 Å². The highest BCUT2D eigenvalue weighted by Gasteiger charge is 2.14. The van der Waals surface area contributed by atoms with Gasteiger partial charge in [-0.05, 0) is 48.4 Å². The molecular weight excluding hydrogens is 443 g/mol. The molecule has 1 N–H and O–H groups in total. The van der Waals surface area contributed by atoms with Gasteiger partial charge >= 0.3 is 5.97 Å². The van der Waals surface area contributed by atoms with Crippen molar-refractivity contribution < 1.29 is 23.8 Å². The Morgan fingerprint density at radius 2 is 1.81 bits per heavy atom. The summed E-state index contributed by atoms with van der Waals surface area (Å²) >= 11 is 12.4. The molecule has 0 aromatic heterocycles.